The summed E-state index contributed by atoms with van der Waals surface area (Å²) in [6, 6.07) is 14.0. The molecule has 0 aliphatic rings. The Bertz CT molecular complexity index is 935. The van der Waals surface area contributed by atoms with Crippen LogP contribution in [0.25, 0.3) is 10.9 Å². The average molecular weight is 354 g/mol. The number of nitrogens with one attached hydrogen (secondary N) is 1. The van der Waals surface area contributed by atoms with E-state index in [2.05, 4.69) is 9.88 Å². The Balaban J connectivity index is 1.83. The molecule has 0 fully saturated rings. The standard InChI is InChI=1S/C21H23FN2O2/c1-15-3-8-20-19(11-15)21(25)12-18(23-20)14-24(9-10-26-2)13-16-4-6-17(22)7-5-16/h3-8,11-12H,9-10,13-14H2,1-2H3,(H,23,25). The van der Waals surface area contributed by atoms with Gasteiger partial charge in [0.2, 0.25) is 0 Å². The van der Waals surface area contributed by atoms with Gasteiger partial charge in [-0.3, -0.25) is 9.69 Å². The number of nitrogens with zero attached hydrogens (tertiary/aromatic N) is 1. The molecule has 0 unspecified atom stereocenters. The van der Waals surface area contributed by atoms with E-state index in [1.54, 1.807) is 25.3 Å². The molecule has 3 rings (SSSR count). The van der Waals surface area contributed by atoms with Crippen LogP contribution in [-0.4, -0.2) is 30.1 Å². The van der Waals surface area contributed by atoms with Gasteiger partial charge in [0.1, 0.15) is 5.82 Å². The molecule has 0 amide bonds. The Morgan fingerprint density at radius 1 is 1.08 bits per heavy atom. The molecule has 0 atom stereocenters. The van der Waals surface area contributed by atoms with Crippen molar-refractivity contribution in [2.24, 2.45) is 0 Å². The van der Waals surface area contributed by atoms with Crippen molar-refractivity contribution in [2.75, 3.05) is 20.3 Å². The predicted molar refractivity (Wildman–Crippen MR) is 102 cm³/mol. The molecule has 1 N–H and O–H groups in total. The molecule has 4 nitrogen and oxygen atoms in total. The molecule has 0 radical (unpaired) electrons. The molecule has 0 saturated heterocycles. The van der Waals surface area contributed by atoms with E-state index >= 15 is 0 Å². The summed E-state index contributed by atoms with van der Waals surface area (Å²) in [6.45, 7) is 4.50. The molecule has 0 saturated carbocycles. The summed E-state index contributed by atoms with van der Waals surface area (Å²) in [5.41, 5.74) is 3.79. The molecular weight excluding hydrogens is 331 g/mol. The first kappa shape index (κ1) is 18.3. The van der Waals surface area contributed by atoms with Gasteiger partial charge in [-0.05, 0) is 36.8 Å². The number of pyridine rings is 1. The number of fused-ring (bicyclic) bond motifs is 1. The Hall–Kier alpha value is -2.50. The van der Waals surface area contributed by atoms with Gasteiger partial charge < -0.3 is 9.72 Å². The summed E-state index contributed by atoms with van der Waals surface area (Å²) < 4.78 is 18.3. The van der Waals surface area contributed by atoms with Crippen LogP contribution in [0.3, 0.4) is 0 Å². The monoisotopic (exact) mass is 354 g/mol. The largest absolute Gasteiger partial charge is 0.383 e. The normalized spacial score (nSPS) is 11.4. The van der Waals surface area contributed by atoms with Crippen molar-refractivity contribution in [2.45, 2.75) is 20.0 Å². The zero-order valence-corrected chi connectivity index (χ0v) is 15.1. The maximum Gasteiger partial charge on any atom is 0.189 e. The Morgan fingerprint density at radius 3 is 2.58 bits per heavy atom. The van der Waals surface area contributed by atoms with Crippen molar-refractivity contribution in [3.8, 4) is 0 Å². The minimum atomic E-state index is -0.244. The lowest BCUT2D eigenvalue weighted by molar-refractivity contribution is 0.139. The second-order valence-corrected chi connectivity index (χ2v) is 6.54. The highest BCUT2D eigenvalue weighted by Gasteiger charge is 2.10. The fraction of sp³-hybridized carbons (Fsp3) is 0.286. The van der Waals surface area contributed by atoms with Gasteiger partial charge in [0.25, 0.3) is 0 Å². The number of benzene rings is 2. The zero-order chi connectivity index (χ0) is 18.5. The summed E-state index contributed by atoms with van der Waals surface area (Å²) in [5.74, 6) is -0.244. The third-order valence-electron chi connectivity index (χ3n) is 4.37. The van der Waals surface area contributed by atoms with Crippen LogP contribution < -0.4 is 5.43 Å². The number of methoxy groups -OCH3 is 1. The average Bonchev–Trinajstić information content (AvgIpc) is 2.62. The predicted octanol–water partition coefficient (Wildman–Crippen LogP) is 3.62. The summed E-state index contributed by atoms with van der Waals surface area (Å²) in [5, 5.41) is 0.704. The van der Waals surface area contributed by atoms with Crippen LogP contribution in [-0.2, 0) is 17.8 Å². The minimum Gasteiger partial charge on any atom is -0.383 e. The highest BCUT2D eigenvalue weighted by atomic mass is 19.1. The van der Waals surface area contributed by atoms with Crippen molar-refractivity contribution in [1.29, 1.82) is 0 Å². The van der Waals surface area contributed by atoms with E-state index in [0.29, 0.717) is 31.6 Å². The maximum atomic E-state index is 13.1. The number of aryl methyl sites for hydroxylation is 1. The van der Waals surface area contributed by atoms with E-state index in [-0.39, 0.29) is 11.2 Å². The molecule has 1 heterocycles. The van der Waals surface area contributed by atoms with Crippen molar-refractivity contribution in [1.82, 2.24) is 9.88 Å². The van der Waals surface area contributed by atoms with Crippen LogP contribution in [0, 0.1) is 12.7 Å². The van der Waals surface area contributed by atoms with Crippen LogP contribution in [0.2, 0.25) is 0 Å². The molecule has 1 aromatic heterocycles. The summed E-state index contributed by atoms with van der Waals surface area (Å²) >= 11 is 0. The van der Waals surface area contributed by atoms with Gasteiger partial charge in [-0.1, -0.05) is 23.8 Å². The lowest BCUT2D eigenvalue weighted by Gasteiger charge is -2.22. The Labute approximate surface area is 152 Å². The maximum absolute atomic E-state index is 13.1. The van der Waals surface area contributed by atoms with E-state index in [4.69, 9.17) is 4.74 Å². The van der Waals surface area contributed by atoms with E-state index in [1.807, 2.05) is 25.1 Å². The molecule has 136 valence electrons. The molecule has 0 aliphatic carbocycles. The van der Waals surface area contributed by atoms with Crippen LogP contribution >= 0.6 is 0 Å². The van der Waals surface area contributed by atoms with Gasteiger partial charge in [-0.15, -0.1) is 0 Å². The van der Waals surface area contributed by atoms with Crippen molar-refractivity contribution in [3.63, 3.8) is 0 Å². The molecule has 0 bridgehead atoms. The fourth-order valence-corrected chi connectivity index (χ4v) is 3.02. The number of aromatic nitrogens is 1. The number of hydrogen-bond donors (Lipinski definition) is 1. The molecule has 26 heavy (non-hydrogen) atoms. The number of hydrogen-bond acceptors (Lipinski definition) is 3. The molecule has 0 aliphatic heterocycles. The fourth-order valence-electron chi connectivity index (χ4n) is 3.02. The lowest BCUT2D eigenvalue weighted by atomic mass is 10.1. The highest BCUT2D eigenvalue weighted by molar-refractivity contribution is 5.79. The Morgan fingerprint density at radius 2 is 1.85 bits per heavy atom. The number of rotatable bonds is 7. The van der Waals surface area contributed by atoms with Crippen molar-refractivity contribution >= 4 is 10.9 Å². The lowest BCUT2D eigenvalue weighted by Crippen LogP contribution is -2.27. The summed E-state index contributed by atoms with van der Waals surface area (Å²) in [6.07, 6.45) is 0. The number of ether oxygens (including phenoxy) is 1. The second-order valence-electron chi connectivity index (χ2n) is 6.54. The number of halogens is 1. The van der Waals surface area contributed by atoms with Gasteiger partial charge >= 0.3 is 0 Å². The first-order valence-electron chi connectivity index (χ1n) is 8.63. The third kappa shape index (κ3) is 4.56. The van der Waals surface area contributed by atoms with Gasteiger partial charge in [-0.2, -0.15) is 0 Å². The van der Waals surface area contributed by atoms with E-state index in [1.165, 1.54) is 12.1 Å². The first-order valence-corrected chi connectivity index (χ1v) is 8.63. The third-order valence-corrected chi connectivity index (χ3v) is 4.37. The van der Waals surface area contributed by atoms with Gasteiger partial charge in [-0.25, -0.2) is 4.39 Å². The van der Waals surface area contributed by atoms with Crippen LogP contribution in [0.15, 0.2) is 53.3 Å². The van der Waals surface area contributed by atoms with E-state index in [0.717, 1.165) is 22.3 Å². The van der Waals surface area contributed by atoms with Crippen LogP contribution in [0.4, 0.5) is 4.39 Å². The first-order chi connectivity index (χ1) is 12.5. The second kappa shape index (κ2) is 8.25. The molecule has 3 aromatic rings. The topological polar surface area (TPSA) is 45.3 Å². The van der Waals surface area contributed by atoms with Gasteiger partial charge in [0.05, 0.1) is 6.61 Å². The van der Waals surface area contributed by atoms with Crippen LogP contribution in [0.5, 0.6) is 0 Å². The van der Waals surface area contributed by atoms with Gasteiger partial charge in [0, 0.05) is 49.4 Å². The minimum absolute atomic E-state index is 0.0194. The van der Waals surface area contributed by atoms with E-state index < -0.39 is 0 Å². The van der Waals surface area contributed by atoms with Gasteiger partial charge in [0.15, 0.2) is 5.43 Å². The molecule has 2 aromatic carbocycles. The molecule has 5 heteroatoms. The zero-order valence-electron chi connectivity index (χ0n) is 15.1. The highest BCUT2D eigenvalue weighted by Crippen LogP contribution is 2.13. The quantitative estimate of drug-likeness (QED) is 0.705. The Kier molecular flexibility index (Phi) is 5.81. The SMILES string of the molecule is COCCN(Cc1ccc(F)cc1)Cc1cc(=O)c2cc(C)ccc2[nH]1. The summed E-state index contributed by atoms with van der Waals surface area (Å²) in [7, 11) is 1.66. The summed E-state index contributed by atoms with van der Waals surface area (Å²) in [4.78, 5) is 18.0. The molecular formula is C21H23FN2O2. The molecule has 0 spiro atoms. The van der Waals surface area contributed by atoms with E-state index in [9.17, 15) is 9.18 Å². The number of aromatic amines is 1. The van der Waals surface area contributed by atoms with Crippen LogP contribution in [0.1, 0.15) is 16.8 Å². The number of H-pyrrole nitrogens is 1. The van der Waals surface area contributed by atoms with Crippen molar-refractivity contribution < 1.29 is 9.13 Å². The van der Waals surface area contributed by atoms with Crippen molar-refractivity contribution in [3.05, 3.63) is 81.4 Å². The smallest absolute Gasteiger partial charge is 0.189 e.